The van der Waals surface area contributed by atoms with E-state index in [1.54, 1.807) is 0 Å². The lowest BCUT2D eigenvalue weighted by Gasteiger charge is -2.07. The lowest BCUT2D eigenvalue weighted by atomic mass is 10.0. The van der Waals surface area contributed by atoms with E-state index in [0.29, 0.717) is 6.54 Å². The SMILES string of the molecule is CC(C)CCCCCCCCCCCN=C(N)NC(=O)c1nc(Cl)c(N)nc1N.Cl.Cl. The minimum Gasteiger partial charge on any atom is -0.382 e. The molecule has 1 amide bonds. The Morgan fingerprint density at radius 2 is 1.45 bits per heavy atom. The highest BCUT2D eigenvalue weighted by atomic mass is 35.5. The topological polar surface area (TPSA) is 145 Å². The van der Waals surface area contributed by atoms with Crippen LogP contribution in [0.3, 0.4) is 0 Å². The van der Waals surface area contributed by atoms with Gasteiger partial charge in [0.05, 0.1) is 0 Å². The molecule has 0 aromatic carbocycles. The van der Waals surface area contributed by atoms with Gasteiger partial charge in [0.1, 0.15) is 0 Å². The first-order valence-electron chi connectivity index (χ1n) is 10.5. The molecule has 0 fully saturated rings. The van der Waals surface area contributed by atoms with Crippen LogP contribution in [0.25, 0.3) is 0 Å². The van der Waals surface area contributed by atoms with Gasteiger partial charge in [0.25, 0.3) is 5.91 Å². The third-order valence-corrected chi connectivity index (χ3v) is 4.86. The van der Waals surface area contributed by atoms with Gasteiger partial charge in [0.2, 0.25) is 0 Å². The molecule has 0 unspecified atom stereocenters. The Labute approximate surface area is 203 Å². The molecule has 0 spiro atoms. The normalized spacial score (nSPS) is 11.0. The molecule has 8 nitrogen and oxygen atoms in total. The second-order valence-corrected chi connectivity index (χ2v) is 8.08. The average Bonchev–Trinajstić information content (AvgIpc) is 2.65. The van der Waals surface area contributed by atoms with Crippen molar-refractivity contribution in [3.05, 3.63) is 10.8 Å². The maximum absolute atomic E-state index is 12.1. The Kier molecular flexibility index (Phi) is 18.5. The van der Waals surface area contributed by atoms with Gasteiger partial charge in [-0.1, -0.05) is 83.2 Å². The zero-order valence-corrected chi connectivity index (χ0v) is 20.9. The van der Waals surface area contributed by atoms with Crippen LogP contribution in [0.1, 0.15) is 88.5 Å². The fraction of sp³-hybridized carbons (Fsp3) is 0.700. The van der Waals surface area contributed by atoms with E-state index in [4.69, 9.17) is 28.8 Å². The number of nitrogens with two attached hydrogens (primary N) is 3. The van der Waals surface area contributed by atoms with Crippen LogP contribution in [0.5, 0.6) is 0 Å². The van der Waals surface area contributed by atoms with Gasteiger partial charge in [-0.2, -0.15) is 0 Å². The number of carbonyl (C=O) groups is 1. The Balaban J connectivity index is 0. The molecule has 180 valence electrons. The molecule has 1 aromatic heterocycles. The van der Waals surface area contributed by atoms with Gasteiger partial charge < -0.3 is 17.2 Å². The fourth-order valence-electron chi connectivity index (χ4n) is 2.93. The summed E-state index contributed by atoms with van der Waals surface area (Å²) in [5.41, 5.74) is 16.7. The van der Waals surface area contributed by atoms with Crippen LogP contribution >= 0.6 is 36.4 Å². The third kappa shape index (κ3) is 14.2. The van der Waals surface area contributed by atoms with Crippen LogP contribution in [-0.2, 0) is 0 Å². The van der Waals surface area contributed by atoms with Crippen molar-refractivity contribution in [1.29, 1.82) is 0 Å². The number of hydrogen-bond acceptors (Lipinski definition) is 6. The van der Waals surface area contributed by atoms with Crippen molar-refractivity contribution in [2.24, 2.45) is 16.6 Å². The zero-order chi connectivity index (χ0) is 21.6. The van der Waals surface area contributed by atoms with Crippen LogP contribution < -0.4 is 22.5 Å². The van der Waals surface area contributed by atoms with Gasteiger partial charge in [-0.25, -0.2) is 9.97 Å². The number of aliphatic imine (C=N–C) groups is 1. The number of anilines is 2. The Morgan fingerprint density at radius 1 is 0.935 bits per heavy atom. The van der Waals surface area contributed by atoms with Crippen molar-refractivity contribution < 1.29 is 4.79 Å². The summed E-state index contributed by atoms with van der Waals surface area (Å²) in [6.07, 6.45) is 12.5. The van der Waals surface area contributed by atoms with Gasteiger partial charge in [-0.05, 0) is 12.3 Å². The molecule has 1 aromatic rings. The predicted molar refractivity (Wildman–Crippen MR) is 135 cm³/mol. The number of halogens is 3. The number of guanidine groups is 1. The molecule has 31 heavy (non-hydrogen) atoms. The summed E-state index contributed by atoms with van der Waals surface area (Å²) >= 11 is 5.77. The summed E-state index contributed by atoms with van der Waals surface area (Å²) in [6.45, 7) is 5.13. The van der Waals surface area contributed by atoms with Crippen molar-refractivity contribution >= 4 is 59.9 Å². The van der Waals surface area contributed by atoms with E-state index in [9.17, 15) is 4.79 Å². The van der Waals surface area contributed by atoms with Gasteiger partial charge in [0, 0.05) is 6.54 Å². The molecular formula is C20H38Cl3N7O. The van der Waals surface area contributed by atoms with E-state index >= 15 is 0 Å². The number of aromatic nitrogens is 2. The molecule has 0 aliphatic heterocycles. The lowest BCUT2D eigenvalue weighted by molar-refractivity contribution is 0.0972. The first-order valence-corrected chi connectivity index (χ1v) is 10.9. The number of nitrogens with one attached hydrogen (secondary N) is 1. The minimum absolute atomic E-state index is 0. The third-order valence-electron chi connectivity index (χ3n) is 4.58. The van der Waals surface area contributed by atoms with Crippen molar-refractivity contribution in [2.75, 3.05) is 18.0 Å². The van der Waals surface area contributed by atoms with Crippen molar-refractivity contribution in [2.45, 2.75) is 78.1 Å². The first kappa shape index (κ1) is 31.7. The summed E-state index contributed by atoms with van der Waals surface area (Å²) < 4.78 is 0. The maximum Gasteiger partial charge on any atom is 0.280 e. The quantitative estimate of drug-likeness (QED) is 0.175. The summed E-state index contributed by atoms with van der Waals surface area (Å²) in [4.78, 5) is 23.9. The highest BCUT2D eigenvalue weighted by Crippen LogP contribution is 2.17. The second-order valence-electron chi connectivity index (χ2n) is 7.72. The molecule has 0 saturated carbocycles. The van der Waals surface area contributed by atoms with Gasteiger partial charge in [-0.3, -0.25) is 15.1 Å². The summed E-state index contributed by atoms with van der Waals surface area (Å²) in [5, 5.41) is 2.35. The van der Waals surface area contributed by atoms with Gasteiger partial charge >= 0.3 is 0 Å². The van der Waals surface area contributed by atoms with Crippen molar-refractivity contribution in [1.82, 2.24) is 15.3 Å². The number of nitrogens with zero attached hydrogens (tertiary/aromatic N) is 3. The molecule has 0 atom stereocenters. The van der Waals surface area contributed by atoms with E-state index in [2.05, 4.69) is 34.1 Å². The second kappa shape index (κ2) is 18.1. The number of amides is 1. The number of nitrogen functional groups attached to an aromatic ring is 2. The van der Waals surface area contributed by atoms with Crippen molar-refractivity contribution in [3.8, 4) is 0 Å². The van der Waals surface area contributed by atoms with E-state index in [1.165, 1.54) is 51.4 Å². The standard InChI is InChI=1S/C20H36ClN7O.2ClH/c1-14(2)12-10-8-6-4-3-5-7-9-11-13-25-20(24)28-19(29)15-17(22)27-18(23)16(21)26-15;;/h14H,3-13H2,1-2H3,(H4,22,23,27)(H3,24,25,28,29);2*1H. The first-order chi connectivity index (χ1) is 13.8. The molecule has 11 heteroatoms. The van der Waals surface area contributed by atoms with E-state index in [-0.39, 0.29) is 53.3 Å². The van der Waals surface area contributed by atoms with Gasteiger partial charge in [-0.15, -0.1) is 24.8 Å². The highest BCUT2D eigenvalue weighted by Gasteiger charge is 2.16. The highest BCUT2D eigenvalue weighted by molar-refractivity contribution is 6.31. The number of unbranched alkanes of at least 4 members (excludes halogenated alkanes) is 8. The fourth-order valence-corrected chi connectivity index (χ4v) is 3.05. The van der Waals surface area contributed by atoms with Crippen LogP contribution in [0.4, 0.5) is 11.6 Å². The van der Waals surface area contributed by atoms with Crippen LogP contribution in [-0.4, -0.2) is 28.4 Å². The molecule has 0 aliphatic rings. The van der Waals surface area contributed by atoms with Crippen molar-refractivity contribution in [3.63, 3.8) is 0 Å². The number of rotatable bonds is 13. The molecule has 0 aliphatic carbocycles. The molecule has 7 N–H and O–H groups in total. The smallest absolute Gasteiger partial charge is 0.280 e. The largest absolute Gasteiger partial charge is 0.382 e. The molecule has 0 saturated heterocycles. The zero-order valence-electron chi connectivity index (χ0n) is 18.5. The van der Waals surface area contributed by atoms with E-state index < -0.39 is 5.91 Å². The molecular weight excluding hydrogens is 461 g/mol. The Bertz CT molecular complexity index is 672. The summed E-state index contributed by atoms with van der Waals surface area (Å²) in [5.74, 6) is 0.0747. The number of hydrogen-bond donors (Lipinski definition) is 4. The lowest BCUT2D eigenvalue weighted by Crippen LogP contribution is -2.38. The monoisotopic (exact) mass is 497 g/mol. The molecule has 0 radical (unpaired) electrons. The minimum atomic E-state index is -0.619. The van der Waals surface area contributed by atoms with Crippen LogP contribution in [0.15, 0.2) is 4.99 Å². The number of carbonyl (C=O) groups excluding carboxylic acids is 1. The van der Waals surface area contributed by atoms with E-state index in [0.717, 1.165) is 18.8 Å². The molecule has 1 rings (SSSR count). The van der Waals surface area contributed by atoms with Gasteiger partial charge in [0.15, 0.2) is 28.4 Å². The Hall–Kier alpha value is -1.51. The molecule has 0 bridgehead atoms. The summed E-state index contributed by atoms with van der Waals surface area (Å²) in [6, 6.07) is 0. The average molecular weight is 499 g/mol. The van der Waals surface area contributed by atoms with Crippen LogP contribution in [0.2, 0.25) is 5.15 Å². The predicted octanol–water partition coefficient (Wildman–Crippen LogP) is 4.74. The Morgan fingerprint density at radius 3 is 2.00 bits per heavy atom. The maximum atomic E-state index is 12.1. The van der Waals surface area contributed by atoms with E-state index in [1.807, 2.05) is 0 Å². The molecule has 1 heterocycles. The summed E-state index contributed by atoms with van der Waals surface area (Å²) in [7, 11) is 0. The van der Waals surface area contributed by atoms with Crippen LogP contribution in [0, 0.1) is 5.92 Å².